The Bertz CT molecular complexity index is 2650. The first-order chi connectivity index (χ1) is 23.8. The van der Waals surface area contributed by atoms with Gasteiger partial charge in [0.1, 0.15) is 0 Å². The molecule has 0 aliphatic heterocycles. The normalized spacial score (nSPS) is 11.8. The fourth-order valence-corrected chi connectivity index (χ4v) is 8.14. The van der Waals surface area contributed by atoms with Gasteiger partial charge in [-0.3, -0.25) is 0 Å². The summed E-state index contributed by atoms with van der Waals surface area (Å²) in [5.74, 6) is 0. The molecule has 1 aliphatic rings. The minimum atomic E-state index is 1.13. The minimum Gasteiger partial charge on any atom is -0.0985 e. The maximum Gasteiger partial charge on any atom is -0.000741 e. The molecule has 0 nitrogen and oxygen atoms in total. The highest BCUT2D eigenvalue weighted by Crippen LogP contribution is 2.58. The summed E-state index contributed by atoms with van der Waals surface area (Å²) in [6, 6.07) is 60.7. The topological polar surface area (TPSA) is 0 Å². The summed E-state index contributed by atoms with van der Waals surface area (Å²) in [5.41, 5.74) is 14.0. The van der Waals surface area contributed by atoms with Crippen molar-refractivity contribution in [2.24, 2.45) is 0 Å². The Kier molecular flexibility index (Phi) is 5.83. The molecule has 0 heteroatoms. The summed E-state index contributed by atoms with van der Waals surface area (Å²) in [5, 5.41) is 10.2. The summed E-state index contributed by atoms with van der Waals surface area (Å²) >= 11 is 0. The van der Waals surface area contributed by atoms with Crippen LogP contribution in [0, 0.1) is 0 Å². The Hall–Kier alpha value is -6.24. The van der Waals surface area contributed by atoms with Crippen LogP contribution in [0.15, 0.2) is 170 Å². The lowest BCUT2D eigenvalue weighted by Crippen LogP contribution is -1.94. The number of hydrogen-bond acceptors (Lipinski definition) is 0. The summed E-state index contributed by atoms with van der Waals surface area (Å²) in [4.78, 5) is 0. The van der Waals surface area contributed by atoms with Gasteiger partial charge in [0.25, 0.3) is 0 Å². The number of hydrogen-bond donors (Lipinski definition) is 0. The SMILES string of the molecule is C=Cc1ccc(-c2ccc3c4c(cccc24)-c2c-3c(-c3ccc4ccccc4c3)c3ccccc3c2-c2ccc3ccccc3c2)cc1. The van der Waals surface area contributed by atoms with Gasteiger partial charge in [-0.25, -0.2) is 0 Å². The van der Waals surface area contributed by atoms with Crippen molar-refractivity contribution in [3.63, 3.8) is 0 Å². The van der Waals surface area contributed by atoms with Crippen molar-refractivity contribution in [1.29, 1.82) is 0 Å². The molecule has 0 bridgehead atoms. The van der Waals surface area contributed by atoms with E-state index in [-0.39, 0.29) is 0 Å². The molecule has 48 heavy (non-hydrogen) atoms. The Balaban J connectivity index is 1.36. The molecule has 1 aliphatic carbocycles. The van der Waals surface area contributed by atoms with E-state index in [0.29, 0.717) is 0 Å². The molecule has 9 aromatic rings. The molecule has 0 saturated carbocycles. The zero-order chi connectivity index (χ0) is 31.8. The van der Waals surface area contributed by atoms with Gasteiger partial charge in [0.15, 0.2) is 0 Å². The van der Waals surface area contributed by atoms with Crippen molar-refractivity contribution in [2.45, 2.75) is 0 Å². The first kappa shape index (κ1) is 26.9. The highest BCUT2D eigenvalue weighted by molar-refractivity contribution is 6.29. The van der Waals surface area contributed by atoms with Crippen LogP contribution in [0.4, 0.5) is 0 Å². The van der Waals surface area contributed by atoms with Crippen LogP contribution < -0.4 is 0 Å². The average Bonchev–Trinajstić information content (AvgIpc) is 3.48. The second kappa shape index (κ2) is 10.4. The van der Waals surface area contributed by atoms with Gasteiger partial charge >= 0.3 is 0 Å². The lowest BCUT2D eigenvalue weighted by Gasteiger charge is -2.21. The molecule has 0 heterocycles. The molecule has 0 fully saturated rings. The Labute approximate surface area is 279 Å². The van der Waals surface area contributed by atoms with Crippen LogP contribution in [-0.2, 0) is 0 Å². The fourth-order valence-electron chi connectivity index (χ4n) is 8.14. The molecular formula is C48H30. The van der Waals surface area contributed by atoms with Gasteiger partial charge in [-0.2, -0.15) is 0 Å². The molecule has 0 amide bonds. The molecule has 10 rings (SSSR count). The Morgan fingerprint density at radius 2 is 0.812 bits per heavy atom. The third kappa shape index (κ3) is 3.90. The van der Waals surface area contributed by atoms with Crippen LogP contribution in [0.5, 0.6) is 0 Å². The highest BCUT2D eigenvalue weighted by atomic mass is 14.3. The predicted molar refractivity (Wildman–Crippen MR) is 207 cm³/mol. The van der Waals surface area contributed by atoms with Gasteiger partial charge < -0.3 is 0 Å². The van der Waals surface area contributed by atoms with Gasteiger partial charge in [0, 0.05) is 0 Å². The van der Waals surface area contributed by atoms with E-state index in [9.17, 15) is 0 Å². The number of fused-ring (bicyclic) bond motifs is 6. The van der Waals surface area contributed by atoms with Crippen molar-refractivity contribution < 1.29 is 0 Å². The molecule has 9 aromatic carbocycles. The zero-order valence-corrected chi connectivity index (χ0v) is 26.4. The van der Waals surface area contributed by atoms with Gasteiger partial charge in [-0.05, 0) is 116 Å². The molecule has 0 spiro atoms. The second-order valence-electron chi connectivity index (χ2n) is 12.9. The summed E-state index contributed by atoms with van der Waals surface area (Å²) in [6.45, 7) is 3.96. The van der Waals surface area contributed by atoms with Crippen LogP contribution in [0.1, 0.15) is 5.56 Å². The standard InChI is InChI=1S/C48H30/c1-2-30-18-20-33(21-19-30)38-26-27-43-46-39(38)16-9-17-42(46)47-44(36-24-22-31-10-3-5-12-34(31)28-36)40-14-7-8-15-41(40)45(48(43)47)37-25-23-32-11-4-6-13-35(32)29-37/h2-29H,1H2. The zero-order valence-electron chi connectivity index (χ0n) is 26.4. The largest absolute Gasteiger partial charge is 0.0985 e. The molecule has 0 radical (unpaired) electrons. The smallest absolute Gasteiger partial charge is 0.000741 e. The summed E-state index contributed by atoms with van der Waals surface area (Å²) < 4.78 is 0. The first-order valence-corrected chi connectivity index (χ1v) is 16.6. The molecule has 0 unspecified atom stereocenters. The predicted octanol–water partition coefficient (Wildman–Crippen LogP) is 13.6. The van der Waals surface area contributed by atoms with Gasteiger partial charge in [-0.15, -0.1) is 0 Å². The quantitative estimate of drug-likeness (QED) is 0.187. The Morgan fingerprint density at radius 1 is 0.333 bits per heavy atom. The maximum atomic E-state index is 3.96. The third-order valence-corrected chi connectivity index (χ3v) is 10.3. The first-order valence-electron chi connectivity index (χ1n) is 16.6. The van der Waals surface area contributed by atoms with E-state index in [4.69, 9.17) is 0 Å². The van der Waals surface area contributed by atoms with Crippen LogP contribution in [0.25, 0.3) is 105 Å². The van der Waals surface area contributed by atoms with E-state index in [1.54, 1.807) is 0 Å². The van der Waals surface area contributed by atoms with Crippen molar-refractivity contribution in [2.75, 3.05) is 0 Å². The molecule has 0 atom stereocenters. The maximum absolute atomic E-state index is 3.96. The second-order valence-corrected chi connectivity index (χ2v) is 12.9. The number of rotatable bonds is 4. The van der Waals surface area contributed by atoms with E-state index in [1.807, 2.05) is 6.08 Å². The lowest BCUT2D eigenvalue weighted by molar-refractivity contribution is 1.63. The van der Waals surface area contributed by atoms with E-state index >= 15 is 0 Å². The van der Waals surface area contributed by atoms with Crippen molar-refractivity contribution in [3.8, 4) is 55.6 Å². The molecule has 0 N–H and O–H groups in total. The molecule has 222 valence electrons. The van der Waals surface area contributed by atoms with E-state index in [0.717, 1.165) is 5.56 Å². The van der Waals surface area contributed by atoms with Crippen molar-refractivity contribution in [3.05, 3.63) is 176 Å². The van der Waals surface area contributed by atoms with Gasteiger partial charge in [0.05, 0.1) is 0 Å². The Morgan fingerprint density at radius 3 is 1.40 bits per heavy atom. The molecular weight excluding hydrogens is 577 g/mol. The van der Waals surface area contributed by atoms with E-state index in [2.05, 4.69) is 170 Å². The third-order valence-electron chi connectivity index (χ3n) is 10.3. The van der Waals surface area contributed by atoms with Crippen molar-refractivity contribution in [1.82, 2.24) is 0 Å². The highest BCUT2D eigenvalue weighted by Gasteiger charge is 2.31. The number of benzene rings is 9. The van der Waals surface area contributed by atoms with Crippen LogP contribution in [-0.4, -0.2) is 0 Å². The van der Waals surface area contributed by atoms with Crippen LogP contribution in [0.3, 0.4) is 0 Å². The molecule has 0 saturated heterocycles. The monoisotopic (exact) mass is 606 g/mol. The summed E-state index contributed by atoms with van der Waals surface area (Å²) in [6.07, 6.45) is 1.90. The van der Waals surface area contributed by atoms with E-state index in [1.165, 1.54) is 98.7 Å². The lowest BCUT2D eigenvalue weighted by atomic mass is 9.82. The molecule has 0 aromatic heterocycles. The van der Waals surface area contributed by atoms with Gasteiger partial charge in [-0.1, -0.05) is 164 Å². The van der Waals surface area contributed by atoms with Gasteiger partial charge in [0.2, 0.25) is 0 Å². The minimum absolute atomic E-state index is 1.13. The fraction of sp³-hybridized carbons (Fsp3) is 0. The summed E-state index contributed by atoms with van der Waals surface area (Å²) in [7, 11) is 0. The van der Waals surface area contributed by atoms with Crippen LogP contribution in [0.2, 0.25) is 0 Å². The van der Waals surface area contributed by atoms with Crippen molar-refractivity contribution >= 4 is 49.2 Å². The van der Waals surface area contributed by atoms with E-state index < -0.39 is 0 Å². The van der Waals surface area contributed by atoms with Crippen LogP contribution >= 0.6 is 0 Å². The average molecular weight is 607 g/mol.